The molecule has 1 atom stereocenters. The van der Waals surface area contributed by atoms with Crippen LogP contribution in [0.25, 0.3) is 0 Å². The Labute approximate surface area is 215 Å². The van der Waals surface area contributed by atoms with Crippen molar-refractivity contribution in [2.24, 2.45) is 0 Å². The highest BCUT2D eigenvalue weighted by molar-refractivity contribution is 7.10. The second-order valence-corrected chi connectivity index (χ2v) is 10.1. The number of benzene rings is 2. The number of amides is 2. The van der Waals surface area contributed by atoms with E-state index in [1.807, 2.05) is 30.9 Å². The molecule has 2 amide bonds. The topological polar surface area (TPSA) is 59.1 Å². The lowest BCUT2D eigenvalue weighted by Crippen LogP contribution is -2.49. The Morgan fingerprint density at radius 1 is 1.14 bits per heavy atom. The molecule has 1 aromatic heterocycles. The number of carbonyl (C=O) groups excluding carboxylic acids is 2. The van der Waals surface area contributed by atoms with E-state index in [2.05, 4.69) is 11.4 Å². The average molecular weight is 513 g/mol. The van der Waals surface area contributed by atoms with Crippen molar-refractivity contribution in [1.29, 1.82) is 0 Å². The molecule has 0 saturated carbocycles. The summed E-state index contributed by atoms with van der Waals surface area (Å²) in [7, 11) is 1.56. The predicted octanol–water partition coefficient (Wildman–Crippen LogP) is 5.47. The van der Waals surface area contributed by atoms with Crippen LogP contribution in [0.15, 0.2) is 60.0 Å². The van der Waals surface area contributed by atoms with Crippen molar-refractivity contribution in [3.05, 3.63) is 81.0 Å². The second-order valence-electron chi connectivity index (χ2n) is 8.68. The lowest BCUT2D eigenvalue weighted by atomic mass is 10.00. The fourth-order valence-corrected chi connectivity index (χ4v) is 5.28. The lowest BCUT2D eigenvalue weighted by molar-refractivity contribution is -0.136. The van der Waals surface area contributed by atoms with Crippen LogP contribution in [-0.4, -0.2) is 54.5 Å². The van der Waals surface area contributed by atoms with E-state index < -0.39 is 0 Å². The molecule has 0 saturated heterocycles. The minimum Gasteiger partial charge on any atom is -0.497 e. The first kappa shape index (κ1) is 25.1. The molecule has 2 aromatic carbocycles. The molecule has 4 rings (SSSR count). The van der Waals surface area contributed by atoms with Gasteiger partial charge in [-0.1, -0.05) is 17.7 Å². The maximum absolute atomic E-state index is 13.6. The second kappa shape index (κ2) is 11.1. The molecule has 0 aliphatic carbocycles. The zero-order valence-electron chi connectivity index (χ0n) is 20.1. The maximum atomic E-state index is 13.6. The SMILES string of the molecule is COc1cccc(C(=O)N(CC(=O)N2CCc3sccc3[C@H]2COc2ccc(Cl)cc2)C(C)C)c1. The van der Waals surface area contributed by atoms with Gasteiger partial charge in [-0.2, -0.15) is 0 Å². The van der Waals surface area contributed by atoms with Gasteiger partial charge in [0.05, 0.1) is 13.2 Å². The summed E-state index contributed by atoms with van der Waals surface area (Å²) in [6.45, 7) is 4.73. The van der Waals surface area contributed by atoms with Gasteiger partial charge in [0.25, 0.3) is 5.91 Å². The third-order valence-electron chi connectivity index (χ3n) is 6.14. The fourth-order valence-electron chi connectivity index (χ4n) is 4.23. The van der Waals surface area contributed by atoms with Crippen molar-refractivity contribution < 1.29 is 19.1 Å². The molecular formula is C27H29ClN2O4S. The van der Waals surface area contributed by atoms with Gasteiger partial charge in [0.15, 0.2) is 0 Å². The number of carbonyl (C=O) groups is 2. The van der Waals surface area contributed by atoms with Crippen molar-refractivity contribution in [3.8, 4) is 11.5 Å². The van der Waals surface area contributed by atoms with Gasteiger partial charge in [-0.25, -0.2) is 0 Å². The van der Waals surface area contributed by atoms with E-state index in [1.165, 1.54) is 4.88 Å². The molecule has 3 aromatic rings. The molecule has 0 spiro atoms. The Bertz CT molecular complexity index is 1180. The van der Waals surface area contributed by atoms with Crippen LogP contribution in [0.3, 0.4) is 0 Å². The van der Waals surface area contributed by atoms with Gasteiger partial charge >= 0.3 is 0 Å². The molecule has 0 fully saturated rings. The molecule has 8 heteroatoms. The first-order chi connectivity index (χ1) is 16.9. The molecule has 0 unspecified atom stereocenters. The van der Waals surface area contributed by atoms with Crippen LogP contribution in [0, 0.1) is 0 Å². The van der Waals surface area contributed by atoms with Crippen LogP contribution in [0.2, 0.25) is 5.02 Å². The highest BCUT2D eigenvalue weighted by Crippen LogP contribution is 2.34. The van der Waals surface area contributed by atoms with E-state index in [1.54, 1.807) is 59.7 Å². The van der Waals surface area contributed by atoms with Crippen molar-refractivity contribution in [2.45, 2.75) is 32.4 Å². The number of ether oxygens (including phenoxy) is 2. The maximum Gasteiger partial charge on any atom is 0.254 e. The van der Waals surface area contributed by atoms with Gasteiger partial charge in [-0.3, -0.25) is 9.59 Å². The Kier molecular flexibility index (Phi) is 7.98. The summed E-state index contributed by atoms with van der Waals surface area (Å²) in [6.07, 6.45) is 0.793. The minimum absolute atomic E-state index is 0.00930. The minimum atomic E-state index is -0.228. The van der Waals surface area contributed by atoms with Crippen molar-refractivity contribution >= 4 is 34.8 Å². The van der Waals surface area contributed by atoms with E-state index in [-0.39, 0.29) is 30.4 Å². The highest BCUT2D eigenvalue weighted by Gasteiger charge is 2.34. The summed E-state index contributed by atoms with van der Waals surface area (Å²) in [5.74, 6) is 0.999. The Morgan fingerprint density at radius 2 is 1.91 bits per heavy atom. The van der Waals surface area contributed by atoms with Crippen molar-refractivity contribution in [3.63, 3.8) is 0 Å². The third kappa shape index (κ3) is 5.80. The van der Waals surface area contributed by atoms with E-state index in [0.717, 1.165) is 12.0 Å². The zero-order chi connectivity index (χ0) is 24.9. The Balaban J connectivity index is 1.53. The van der Waals surface area contributed by atoms with Gasteiger partial charge < -0.3 is 19.3 Å². The third-order valence-corrected chi connectivity index (χ3v) is 7.39. The van der Waals surface area contributed by atoms with Crippen LogP contribution >= 0.6 is 22.9 Å². The van der Waals surface area contributed by atoms with Gasteiger partial charge in [0.2, 0.25) is 5.91 Å². The number of hydrogen-bond acceptors (Lipinski definition) is 5. The molecule has 6 nitrogen and oxygen atoms in total. The molecule has 2 heterocycles. The average Bonchev–Trinajstić information content (AvgIpc) is 3.35. The first-order valence-corrected chi connectivity index (χ1v) is 12.8. The van der Waals surface area contributed by atoms with Crippen LogP contribution in [0.4, 0.5) is 0 Å². The molecule has 0 bridgehead atoms. The summed E-state index contributed by atoms with van der Waals surface area (Å²) in [5, 5.41) is 2.70. The number of hydrogen-bond donors (Lipinski definition) is 0. The van der Waals surface area contributed by atoms with Gasteiger partial charge in [-0.15, -0.1) is 11.3 Å². The smallest absolute Gasteiger partial charge is 0.254 e. The predicted molar refractivity (Wildman–Crippen MR) is 139 cm³/mol. The summed E-state index contributed by atoms with van der Waals surface area (Å²) >= 11 is 7.70. The quantitative estimate of drug-likeness (QED) is 0.402. The summed E-state index contributed by atoms with van der Waals surface area (Å²) in [4.78, 5) is 31.6. The molecule has 1 aliphatic heterocycles. The van der Waals surface area contributed by atoms with Crippen LogP contribution in [-0.2, 0) is 11.2 Å². The number of halogens is 1. The van der Waals surface area contributed by atoms with E-state index >= 15 is 0 Å². The Hall–Kier alpha value is -3.03. The monoisotopic (exact) mass is 512 g/mol. The Morgan fingerprint density at radius 3 is 2.63 bits per heavy atom. The number of fused-ring (bicyclic) bond motifs is 1. The first-order valence-electron chi connectivity index (χ1n) is 11.6. The molecule has 0 N–H and O–H groups in total. The summed E-state index contributed by atoms with van der Waals surface area (Å²) in [6, 6.07) is 15.9. The zero-order valence-corrected chi connectivity index (χ0v) is 21.6. The summed E-state index contributed by atoms with van der Waals surface area (Å²) in [5.41, 5.74) is 1.60. The molecule has 35 heavy (non-hydrogen) atoms. The van der Waals surface area contributed by atoms with Gasteiger partial charge in [0, 0.05) is 28.0 Å². The van der Waals surface area contributed by atoms with E-state index in [9.17, 15) is 9.59 Å². The number of methoxy groups -OCH3 is 1. The number of rotatable bonds is 8. The molecule has 1 aliphatic rings. The molecule has 0 radical (unpaired) electrons. The summed E-state index contributed by atoms with van der Waals surface area (Å²) < 4.78 is 11.3. The normalized spacial score (nSPS) is 15.0. The van der Waals surface area contributed by atoms with Crippen LogP contribution in [0.5, 0.6) is 11.5 Å². The van der Waals surface area contributed by atoms with E-state index in [0.29, 0.717) is 35.2 Å². The van der Waals surface area contributed by atoms with Crippen molar-refractivity contribution in [1.82, 2.24) is 9.80 Å². The standard InChI is InChI=1S/C27H29ClN2O4S/c1-18(2)30(27(32)19-5-4-6-22(15-19)33-3)16-26(31)29-13-11-25-23(12-14-35-25)24(29)17-34-21-9-7-20(28)8-10-21/h4-10,12,14-15,18,24H,11,13,16-17H2,1-3H3/t24-/m1/s1. The number of thiophene rings is 1. The lowest BCUT2D eigenvalue weighted by Gasteiger charge is -2.37. The van der Waals surface area contributed by atoms with Gasteiger partial charge in [0.1, 0.15) is 24.7 Å². The highest BCUT2D eigenvalue weighted by atomic mass is 35.5. The van der Waals surface area contributed by atoms with Gasteiger partial charge in [-0.05, 0) is 79.7 Å². The molecule has 184 valence electrons. The van der Waals surface area contributed by atoms with E-state index in [4.69, 9.17) is 21.1 Å². The molecular weight excluding hydrogens is 484 g/mol. The van der Waals surface area contributed by atoms with Crippen LogP contribution < -0.4 is 9.47 Å². The van der Waals surface area contributed by atoms with Crippen molar-refractivity contribution in [2.75, 3.05) is 26.8 Å². The number of nitrogens with zero attached hydrogens (tertiary/aromatic N) is 2. The van der Waals surface area contributed by atoms with Crippen LogP contribution in [0.1, 0.15) is 40.7 Å². The fraction of sp³-hybridized carbons (Fsp3) is 0.333. The largest absolute Gasteiger partial charge is 0.497 e.